The molecule has 0 fully saturated rings. The fraction of sp³-hybridized carbons (Fsp3) is 0.385. The number of hydrogen-bond donors (Lipinski definition) is 0. The fourth-order valence-corrected chi connectivity index (χ4v) is 1.90. The van der Waals surface area contributed by atoms with Crippen LogP contribution in [0.3, 0.4) is 0 Å². The first-order valence-electron chi connectivity index (χ1n) is 5.54. The molecule has 1 aliphatic rings. The van der Waals surface area contributed by atoms with Gasteiger partial charge in [-0.25, -0.2) is 4.99 Å². The third-order valence-corrected chi connectivity index (χ3v) is 2.80. The zero-order valence-electron chi connectivity index (χ0n) is 9.92. The number of nitrogens with zero attached hydrogens (tertiary/aromatic N) is 1. The summed E-state index contributed by atoms with van der Waals surface area (Å²) in [5, 5.41) is 0. The van der Waals surface area contributed by atoms with Gasteiger partial charge in [0.05, 0.1) is 13.2 Å². The second kappa shape index (κ2) is 4.99. The van der Waals surface area contributed by atoms with Gasteiger partial charge >= 0.3 is 0 Å². The van der Waals surface area contributed by atoms with E-state index in [2.05, 4.69) is 4.99 Å². The molecule has 1 aromatic carbocycles. The molecule has 1 aliphatic heterocycles. The Morgan fingerprint density at radius 1 is 1.53 bits per heavy atom. The first-order chi connectivity index (χ1) is 8.24. The number of benzene rings is 1. The van der Waals surface area contributed by atoms with Crippen LogP contribution in [-0.2, 0) is 9.53 Å². The molecule has 0 aliphatic carbocycles. The Labute approximate surface area is 100 Å². The minimum absolute atomic E-state index is 0.0740. The molecule has 2 unspecified atom stereocenters. The van der Waals surface area contributed by atoms with Gasteiger partial charge in [-0.1, -0.05) is 18.2 Å². The second-order valence-corrected chi connectivity index (χ2v) is 3.93. The highest BCUT2D eigenvalue weighted by Gasteiger charge is 2.27. The van der Waals surface area contributed by atoms with Crippen LogP contribution in [0.4, 0.5) is 0 Å². The summed E-state index contributed by atoms with van der Waals surface area (Å²) in [6.07, 6.45) is 0.949. The quantitative estimate of drug-likeness (QED) is 0.446. The number of hydrogen-bond acceptors (Lipinski definition) is 4. The van der Waals surface area contributed by atoms with Crippen LogP contribution < -0.4 is 4.74 Å². The first kappa shape index (κ1) is 11.6. The molecule has 4 heteroatoms. The van der Waals surface area contributed by atoms with Crippen LogP contribution >= 0.6 is 0 Å². The standard InChI is InChI=1S/C13H15NO3/c1-9(16-2)14-12-7-10(8-15)17-13-6-4-3-5-11(12)13/h3-6,8,10,12H,7H2,1-2H3. The van der Waals surface area contributed by atoms with E-state index in [0.29, 0.717) is 12.3 Å². The molecule has 0 saturated carbocycles. The topological polar surface area (TPSA) is 47.9 Å². The molecular formula is C13H15NO3. The number of fused-ring (bicyclic) bond motifs is 1. The number of carbonyl (C=O) groups is 1. The van der Waals surface area contributed by atoms with Crippen LogP contribution in [0.2, 0.25) is 0 Å². The number of rotatable bonds is 2. The summed E-state index contributed by atoms with van der Waals surface area (Å²) in [6, 6.07) is 7.57. The zero-order valence-corrected chi connectivity index (χ0v) is 9.92. The molecule has 1 heterocycles. The predicted molar refractivity (Wildman–Crippen MR) is 64.4 cm³/mol. The van der Waals surface area contributed by atoms with Crippen LogP contribution in [0.1, 0.15) is 24.9 Å². The lowest BCUT2D eigenvalue weighted by Gasteiger charge is -2.27. The van der Waals surface area contributed by atoms with Crippen molar-refractivity contribution in [1.29, 1.82) is 0 Å². The number of aliphatic imine (C=N–C) groups is 1. The van der Waals surface area contributed by atoms with Gasteiger partial charge in [0, 0.05) is 18.9 Å². The molecule has 2 rings (SSSR count). The van der Waals surface area contributed by atoms with E-state index in [4.69, 9.17) is 9.47 Å². The van der Waals surface area contributed by atoms with E-state index in [1.165, 1.54) is 0 Å². The Morgan fingerprint density at radius 2 is 2.29 bits per heavy atom. The van der Waals surface area contributed by atoms with Crippen LogP contribution in [0.15, 0.2) is 29.3 Å². The molecular weight excluding hydrogens is 218 g/mol. The molecule has 1 aromatic rings. The lowest BCUT2D eigenvalue weighted by atomic mass is 9.97. The van der Waals surface area contributed by atoms with Gasteiger partial charge in [-0.15, -0.1) is 0 Å². The van der Waals surface area contributed by atoms with E-state index in [-0.39, 0.29) is 6.04 Å². The zero-order chi connectivity index (χ0) is 12.3. The van der Waals surface area contributed by atoms with E-state index in [0.717, 1.165) is 17.6 Å². The normalized spacial score (nSPS) is 23.5. The van der Waals surface area contributed by atoms with Crippen LogP contribution in [0.5, 0.6) is 5.75 Å². The lowest BCUT2D eigenvalue weighted by Crippen LogP contribution is -2.26. The van der Waals surface area contributed by atoms with E-state index >= 15 is 0 Å². The number of methoxy groups -OCH3 is 1. The molecule has 4 nitrogen and oxygen atoms in total. The van der Waals surface area contributed by atoms with Gasteiger partial charge in [0.1, 0.15) is 5.75 Å². The molecule has 0 aromatic heterocycles. The number of carbonyl (C=O) groups excluding carboxylic acids is 1. The van der Waals surface area contributed by atoms with Gasteiger partial charge in [0.2, 0.25) is 0 Å². The average Bonchev–Trinajstić information content (AvgIpc) is 2.38. The van der Waals surface area contributed by atoms with Gasteiger partial charge < -0.3 is 9.47 Å². The monoisotopic (exact) mass is 233 g/mol. The summed E-state index contributed by atoms with van der Waals surface area (Å²) < 4.78 is 10.6. The second-order valence-electron chi connectivity index (χ2n) is 3.93. The predicted octanol–water partition coefficient (Wildman–Crippen LogP) is 2.14. The van der Waals surface area contributed by atoms with Crippen molar-refractivity contribution in [3.8, 4) is 5.75 Å². The highest BCUT2D eigenvalue weighted by Crippen LogP contribution is 2.36. The van der Waals surface area contributed by atoms with Gasteiger partial charge in [-0.3, -0.25) is 4.79 Å². The maximum absolute atomic E-state index is 10.9. The van der Waals surface area contributed by atoms with Crippen molar-refractivity contribution in [2.45, 2.75) is 25.5 Å². The maximum atomic E-state index is 10.9. The van der Waals surface area contributed by atoms with Crippen molar-refractivity contribution in [1.82, 2.24) is 0 Å². The van der Waals surface area contributed by atoms with Gasteiger partial charge in [-0.2, -0.15) is 0 Å². The van der Waals surface area contributed by atoms with Gasteiger partial charge in [0.15, 0.2) is 18.3 Å². The summed E-state index contributed by atoms with van der Waals surface area (Å²) in [5.41, 5.74) is 1.00. The van der Waals surface area contributed by atoms with Crippen molar-refractivity contribution in [2.75, 3.05) is 7.11 Å². The molecule has 0 saturated heterocycles. The SMILES string of the molecule is COC(C)=NC1CC(C=O)Oc2ccccc21. The Morgan fingerprint density at radius 3 is 3.00 bits per heavy atom. The van der Waals surface area contributed by atoms with Gasteiger partial charge in [0.25, 0.3) is 0 Å². The maximum Gasteiger partial charge on any atom is 0.180 e. The van der Waals surface area contributed by atoms with E-state index in [1.807, 2.05) is 24.3 Å². The van der Waals surface area contributed by atoms with E-state index < -0.39 is 6.10 Å². The summed E-state index contributed by atoms with van der Waals surface area (Å²) in [4.78, 5) is 15.3. The summed E-state index contributed by atoms with van der Waals surface area (Å²) in [7, 11) is 1.58. The summed E-state index contributed by atoms with van der Waals surface area (Å²) in [5.74, 6) is 1.34. The third kappa shape index (κ3) is 2.46. The molecule has 90 valence electrons. The highest BCUT2D eigenvalue weighted by atomic mass is 16.5. The lowest BCUT2D eigenvalue weighted by molar-refractivity contribution is -0.114. The van der Waals surface area contributed by atoms with Crippen molar-refractivity contribution in [3.63, 3.8) is 0 Å². The van der Waals surface area contributed by atoms with Crippen molar-refractivity contribution in [2.24, 2.45) is 4.99 Å². The molecule has 2 atom stereocenters. The van der Waals surface area contributed by atoms with Crippen molar-refractivity contribution in [3.05, 3.63) is 29.8 Å². The third-order valence-electron chi connectivity index (χ3n) is 2.80. The number of para-hydroxylation sites is 1. The Balaban J connectivity index is 2.35. The van der Waals surface area contributed by atoms with Gasteiger partial charge in [-0.05, 0) is 6.07 Å². The molecule has 0 amide bonds. The largest absolute Gasteiger partial charge is 0.484 e. The Bertz CT molecular complexity index is 442. The summed E-state index contributed by atoms with van der Waals surface area (Å²) in [6.45, 7) is 1.80. The molecule has 17 heavy (non-hydrogen) atoms. The van der Waals surface area contributed by atoms with Crippen LogP contribution in [-0.4, -0.2) is 25.4 Å². The summed E-state index contributed by atoms with van der Waals surface area (Å²) >= 11 is 0. The number of aldehydes is 1. The first-order valence-corrected chi connectivity index (χ1v) is 5.54. The Kier molecular flexibility index (Phi) is 3.42. The molecule has 0 spiro atoms. The average molecular weight is 233 g/mol. The van der Waals surface area contributed by atoms with E-state index in [1.54, 1.807) is 14.0 Å². The van der Waals surface area contributed by atoms with Crippen molar-refractivity contribution < 1.29 is 14.3 Å². The van der Waals surface area contributed by atoms with Crippen molar-refractivity contribution >= 4 is 12.2 Å². The van der Waals surface area contributed by atoms with E-state index in [9.17, 15) is 4.79 Å². The van der Waals surface area contributed by atoms with Crippen LogP contribution in [0.25, 0.3) is 0 Å². The minimum Gasteiger partial charge on any atom is -0.484 e. The van der Waals surface area contributed by atoms with Crippen LogP contribution in [0, 0.1) is 0 Å². The minimum atomic E-state index is -0.427. The smallest absolute Gasteiger partial charge is 0.180 e. The number of ether oxygens (including phenoxy) is 2. The molecule has 0 bridgehead atoms. The Hall–Kier alpha value is -1.84. The molecule has 0 radical (unpaired) electrons. The fourth-order valence-electron chi connectivity index (χ4n) is 1.90. The molecule has 0 N–H and O–H groups in total. The highest BCUT2D eigenvalue weighted by molar-refractivity contribution is 5.73.